The minimum atomic E-state index is -0.377. The Bertz CT molecular complexity index is 621. The maximum absolute atomic E-state index is 12.2. The summed E-state index contributed by atoms with van der Waals surface area (Å²) >= 11 is 13.4. The van der Waals surface area contributed by atoms with E-state index in [0.29, 0.717) is 21.1 Å². The fourth-order valence-corrected chi connectivity index (χ4v) is 3.54. The summed E-state index contributed by atoms with van der Waals surface area (Å²) in [5, 5.41) is 12.9. The highest BCUT2D eigenvalue weighted by molar-refractivity contribution is 7.15. The highest BCUT2D eigenvalue weighted by Crippen LogP contribution is 2.29. The lowest BCUT2D eigenvalue weighted by atomic mass is 10.1. The zero-order valence-corrected chi connectivity index (χ0v) is 14.0. The molecule has 0 bridgehead atoms. The molecule has 1 amide bonds. The minimum Gasteiger partial charge on any atom is -0.296 e. The lowest BCUT2D eigenvalue weighted by molar-refractivity contribution is 0.102. The van der Waals surface area contributed by atoms with E-state index in [4.69, 9.17) is 23.2 Å². The summed E-state index contributed by atoms with van der Waals surface area (Å²) in [6, 6.07) is 4.94. The molecule has 112 valence electrons. The van der Waals surface area contributed by atoms with Gasteiger partial charge in [0.05, 0.1) is 15.6 Å². The molecule has 0 radical (unpaired) electrons. The highest BCUT2D eigenvalue weighted by Gasteiger charge is 2.18. The van der Waals surface area contributed by atoms with Crippen molar-refractivity contribution in [1.82, 2.24) is 10.2 Å². The van der Waals surface area contributed by atoms with E-state index >= 15 is 0 Å². The number of hydrogen-bond acceptors (Lipinski definition) is 4. The van der Waals surface area contributed by atoms with Gasteiger partial charge in [0.1, 0.15) is 5.01 Å². The molecule has 2 aromatic rings. The molecule has 2 rings (SSSR count). The fourth-order valence-electron chi connectivity index (χ4n) is 1.96. The molecule has 1 N–H and O–H groups in total. The first-order chi connectivity index (χ1) is 10.1. The van der Waals surface area contributed by atoms with Crippen molar-refractivity contribution >= 4 is 45.6 Å². The maximum atomic E-state index is 12.2. The van der Waals surface area contributed by atoms with E-state index in [1.54, 1.807) is 18.2 Å². The monoisotopic (exact) mass is 343 g/mol. The number of nitrogens with zero attached hydrogens (tertiary/aromatic N) is 2. The molecule has 0 aliphatic heterocycles. The van der Waals surface area contributed by atoms with E-state index in [-0.39, 0.29) is 11.5 Å². The van der Waals surface area contributed by atoms with Gasteiger partial charge in [-0.25, -0.2) is 0 Å². The van der Waals surface area contributed by atoms with Gasteiger partial charge in [0, 0.05) is 5.92 Å². The van der Waals surface area contributed by atoms with Crippen LogP contribution in [0.3, 0.4) is 0 Å². The number of carbonyl (C=O) groups excluding carboxylic acids is 1. The van der Waals surface area contributed by atoms with Gasteiger partial charge >= 0.3 is 0 Å². The average Bonchev–Trinajstić information content (AvgIpc) is 2.88. The zero-order valence-electron chi connectivity index (χ0n) is 11.7. The Labute approximate surface area is 137 Å². The highest BCUT2D eigenvalue weighted by atomic mass is 35.5. The summed E-state index contributed by atoms with van der Waals surface area (Å²) < 4.78 is 0. The largest absolute Gasteiger partial charge is 0.296 e. The summed E-state index contributed by atoms with van der Waals surface area (Å²) in [6.45, 7) is 4.22. The average molecular weight is 344 g/mol. The Hall–Kier alpha value is -1.17. The van der Waals surface area contributed by atoms with E-state index in [2.05, 4.69) is 29.4 Å². The number of nitrogens with one attached hydrogen (secondary N) is 1. The standard InChI is InChI=1S/C14H15Cl2N3OS/c1-3-8(4-2)13-18-19-14(21-13)17-12(20)11-9(15)6-5-7-10(11)16/h5-8H,3-4H2,1-2H3,(H,17,19,20). The Morgan fingerprint density at radius 1 is 1.24 bits per heavy atom. The van der Waals surface area contributed by atoms with Crippen molar-refractivity contribution in [3.63, 3.8) is 0 Å². The van der Waals surface area contributed by atoms with Crippen LogP contribution in [0, 0.1) is 0 Å². The van der Waals surface area contributed by atoms with E-state index < -0.39 is 0 Å². The van der Waals surface area contributed by atoms with Gasteiger partial charge in [0.25, 0.3) is 5.91 Å². The molecule has 0 saturated heterocycles. The number of halogens is 2. The Morgan fingerprint density at radius 3 is 2.43 bits per heavy atom. The first-order valence-corrected chi connectivity index (χ1v) is 8.22. The van der Waals surface area contributed by atoms with Crippen LogP contribution in [0.5, 0.6) is 0 Å². The quantitative estimate of drug-likeness (QED) is 0.830. The molecule has 21 heavy (non-hydrogen) atoms. The smallest absolute Gasteiger partial charge is 0.260 e. The van der Waals surface area contributed by atoms with Crippen LogP contribution in [0.1, 0.15) is 48.0 Å². The molecule has 0 aliphatic carbocycles. The predicted molar refractivity (Wildman–Crippen MR) is 87.6 cm³/mol. The predicted octanol–water partition coefficient (Wildman–Crippen LogP) is 5.00. The number of benzene rings is 1. The van der Waals surface area contributed by atoms with Crippen molar-refractivity contribution in [2.75, 3.05) is 5.32 Å². The third-order valence-electron chi connectivity index (χ3n) is 3.19. The third-order valence-corrected chi connectivity index (χ3v) is 4.82. The van der Waals surface area contributed by atoms with Crippen LogP contribution in [0.4, 0.5) is 5.13 Å². The van der Waals surface area contributed by atoms with Crippen LogP contribution in [0.2, 0.25) is 10.0 Å². The number of aromatic nitrogens is 2. The van der Waals surface area contributed by atoms with Crippen molar-refractivity contribution in [1.29, 1.82) is 0 Å². The van der Waals surface area contributed by atoms with Crippen molar-refractivity contribution in [2.24, 2.45) is 0 Å². The molecule has 7 heteroatoms. The van der Waals surface area contributed by atoms with Gasteiger partial charge in [-0.1, -0.05) is 54.5 Å². The summed E-state index contributed by atoms with van der Waals surface area (Å²) in [4.78, 5) is 12.2. The molecule has 1 aromatic heterocycles. The topological polar surface area (TPSA) is 54.9 Å². The minimum absolute atomic E-state index is 0.250. The fraction of sp³-hybridized carbons (Fsp3) is 0.357. The van der Waals surface area contributed by atoms with Crippen LogP contribution >= 0.6 is 34.5 Å². The molecule has 0 unspecified atom stereocenters. The number of anilines is 1. The van der Waals surface area contributed by atoms with Gasteiger partial charge in [-0.3, -0.25) is 10.1 Å². The van der Waals surface area contributed by atoms with E-state index in [0.717, 1.165) is 17.8 Å². The summed E-state index contributed by atoms with van der Waals surface area (Å²) in [5.41, 5.74) is 0.250. The second-order valence-corrected chi connectivity index (χ2v) is 6.33. The van der Waals surface area contributed by atoms with Crippen LogP contribution in [0.25, 0.3) is 0 Å². The molecule has 0 aliphatic rings. The lowest BCUT2D eigenvalue weighted by Crippen LogP contribution is -2.12. The van der Waals surface area contributed by atoms with Crippen molar-refractivity contribution < 1.29 is 4.79 Å². The van der Waals surface area contributed by atoms with Crippen LogP contribution in [0.15, 0.2) is 18.2 Å². The Kier molecular flexibility index (Phi) is 5.56. The van der Waals surface area contributed by atoms with Crippen molar-refractivity contribution in [3.8, 4) is 0 Å². The van der Waals surface area contributed by atoms with E-state index in [1.807, 2.05) is 0 Å². The molecule has 0 fully saturated rings. The number of hydrogen-bond donors (Lipinski definition) is 1. The van der Waals surface area contributed by atoms with Gasteiger partial charge in [0.15, 0.2) is 0 Å². The summed E-state index contributed by atoms with van der Waals surface area (Å²) in [6.07, 6.45) is 1.99. The van der Waals surface area contributed by atoms with Gasteiger partial charge in [-0.05, 0) is 25.0 Å². The SMILES string of the molecule is CCC(CC)c1nnc(NC(=O)c2c(Cl)cccc2Cl)s1. The Balaban J connectivity index is 2.17. The maximum Gasteiger partial charge on any atom is 0.260 e. The van der Waals surface area contributed by atoms with Crippen LogP contribution in [-0.2, 0) is 0 Å². The second-order valence-electron chi connectivity index (χ2n) is 4.51. The molecule has 0 spiro atoms. The summed E-state index contributed by atoms with van der Waals surface area (Å²) in [5.74, 6) is -0.00472. The third kappa shape index (κ3) is 3.73. The number of amides is 1. The zero-order chi connectivity index (χ0) is 15.4. The molecule has 1 aromatic carbocycles. The van der Waals surface area contributed by atoms with Gasteiger partial charge in [-0.15, -0.1) is 10.2 Å². The second kappa shape index (κ2) is 7.20. The van der Waals surface area contributed by atoms with E-state index in [9.17, 15) is 4.79 Å². The van der Waals surface area contributed by atoms with Gasteiger partial charge in [-0.2, -0.15) is 0 Å². The van der Waals surface area contributed by atoms with Crippen molar-refractivity contribution in [3.05, 3.63) is 38.8 Å². The number of rotatable bonds is 5. The van der Waals surface area contributed by atoms with Crippen LogP contribution in [-0.4, -0.2) is 16.1 Å². The molecular weight excluding hydrogens is 329 g/mol. The molecule has 0 atom stereocenters. The lowest BCUT2D eigenvalue weighted by Gasteiger charge is -2.06. The first-order valence-electron chi connectivity index (χ1n) is 6.65. The summed E-state index contributed by atoms with van der Waals surface area (Å²) in [7, 11) is 0. The van der Waals surface area contributed by atoms with E-state index in [1.165, 1.54) is 11.3 Å². The molecular formula is C14H15Cl2N3OS. The Morgan fingerprint density at radius 2 is 1.86 bits per heavy atom. The molecule has 4 nitrogen and oxygen atoms in total. The molecule has 0 saturated carbocycles. The van der Waals surface area contributed by atoms with Crippen molar-refractivity contribution in [2.45, 2.75) is 32.6 Å². The van der Waals surface area contributed by atoms with Gasteiger partial charge in [0.2, 0.25) is 5.13 Å². The normalized spacial score (nSPS) is 10.9. The van der Waals surface area contributed by atoms with Gasteiger partial charge < -0.3 is 0 Å². The number of carbonyl (C=O) groups is 1. The first kappa shape index (κ1) is 16.2. The van der Waals surface area contributed by atoms with Crippen LogP contribution < -0.4 is 5.32 Å². The molecule has 1 heterocycles.